The van der Waals surface area contributed by atoms with Crippen LogP contribution >= 0.6 is 0 Å². The third-order valence-electron chi connectivity index (χ3n) is 8.95. The topological polar surface area (TPSA) is 37.3 Å². The molecular weight excluding hydrogens is 284 g/mol. The molecule has 0 amide bonds. The fourth-order valence-electron chi connectivity index (χ4n) is 7.33. The lowest BCUT2D eigenvalue weighted by atomic mass is 9.45. The lowest BCUT2D eigenvalue weighted by Gasteiger charge is -2.59. The maximum absolute atomic E-state index is 11.9. The number of ketones is 1. The van der Waals surface area contributed by atoms with Gasteiger partial charge in [-0.05, 0) is 85.5 Å². The van der Waals surface area contributed by atoms with Crippen LogP contribution in [0.15, 0.2) is 12.2 Å². The van der Waals surface area contributed by atoms with E-state index < -0.39 is 5.60 Å². The van der Waals surface area contributed by atoms with Crippen LogP contribution in [-0.2, 0) is 4.79 Å². The molecule has 7 atom stereocenters. The fourth-order valence-corrected chi connectivity index (χ4v) is 7.33. The first-order chi connectivity index (χ1) is 10.8. The molecule has 0 heterocycles. The molecule has 3 fully saturated rings. The van der Waals surface area contributed by atoms with Crippen molar-refractivity contribution >= 4 is 5.78 Å². The van der Waals surface area contributed by atoms with Crippen LogP contribution in [0, 0.1) is 34.5 Å². The molecule has 0 aromatic rings. The van der Waals surface area contributed by atoms with Crippen LogP contribution in [-0.4, -0.2) is 16.5 Å². The molecule has 3 saturated carbocycles. The van der Waals surface area contributed by atoms with Gasteiger partial charge in [0.05, 0.1) is 5.60 Å². The van der Waals surface area contributed by atoms with E-state index in [0.717, 1.165) is 31.6 Å². The average Bonchev–Trinajstić information content (AvgIpc) is 2.80. The second-order valence-corrected chi connectivity index (χ2v) is 9.40. The molecule has 4 rings (SSSR count). The predicted molar refractivity (Wildman–Crippen MR) is 91.9 cm³/mol. The van der Waals surface area contributed by atoms with Crippen LogP contribution in [0.5, 0.6) is 0 Å². The Kier molecular flexibility index (Phi) is 3.41. The standard InChI is InChI=1S/C21H32O2/c1-4-21(23)12-9-18-16-6-5-14-13-15(22)7-10-19(14,2)17(16)8-11-20(18,21)3/h7,10,14,16-18,23H,4-6,8-9,11-13H2,1-3H3/t14-,16-,17+,18+,19+,20+,21-/m1/s1. The summed E-state index contributed by atoms with van der Waals surface area (Å²) in [6, 6.07) is 0. The zero-order chi connectivity index (χ0) is 16.5. The second-order valence-electron chi connectivity index (χ2n) is 9.40. The van der Waals surface area contributed by atoms with Gasteiger partial charge in [-0.25, -0.2) is 0 Å². The normalized spacial score (nSPS) is 55.2. The van der Waals surface area contributed by atoms with Crippen LogP contribution < -0.4 is 0 Å². The first-order valence-electron chi connectivity index (χ1n) is 9.78. The van der Waals surface area contributed by atoms with Gasteiger partial charge in [-0.1, -0.05) is 26.8 Å². The van der Waals surface area contributed by atoms with Crippen LogP contribution in [0.2, 0.25) is 0 Å². The van der Waals surface area contributed by atoms with Crippen molar-refractivity contribution in [2.24, 2.45) is 34.5 Å². The molecule has 0 aromatic heterocycles. The molecule has 0 radical (unpaired) electrons. The Morgan fingerprint density at radius 3 is 2.61 bits per heavy atom. The van der Waals surface area contributed by atoms with Crippen LogP contribution in [0.1, 0.15) is 72.1 Å². The van der Waals surface area contributed by atoms with E-state index in [9.17, 15) is 9.90 Å². The Bertz CT molecular complexity index is 552. The van der Waals surface area contributed by atoms with E-state index in [1.807, 2.05) is 6.08 Å². The zero-order valence-electron chi connectivity index (χ0n) is 15.0. The molecule has 0 aliphatic heterocycles. The highest BCUT2D eigenvalue weighted by Crippen LogP contribution is 2.67. The number of allylic oxidation sites excluding steroid dienone is 2. The van der Waals surface area contributed by atoms with Crippen molar-refractivity contribution < 1.29 is 9.90 Å². The molecule has 128 valence electrons. The SMILES string of the molecule is CC[C@@]1(O)CC[C@H]2[C@@H]3CC[C@@H]4CC(=O)C=C[C@]4(C)[C@H]3CC[C@@]21C. The van der Waals surface area contributed by atoms with Crippen LogP contribution in [0.25, 0.3) is 0 Å². The molecule has 0 aromatic carbocycles. The minimum Gasteiger partial charge on any atom is -0.389 e. The molecule has 4 aliphatic rings. The van der Waals surface area contributed by atoms with E-state index in [1.54, 1.807) is 0 Å². The number of carbonyl (C=O) groups excluding carboxylic acids is 1. The monoisotopic (exact) mass is 316 g/mol. The average molecular weight is 316 g/mol. The van der Waals surface area contributed by atoms with E-state index in [0.29, 0.717) is 23.5 Å². The lowest BCUT2D eigenvalue weighted by Crippen LogP contribution is -2.55. The summed E-state index contributed by atoms with van der Waals surface area (Å²) in [5, 5.41) is 11.2. The molecule has 2 nitrogen and oxygen atoms in total. The van der Waals surface area contributed by atoms with E-state index >= 15 is 0 Å². The third-order valence-corrected chi connectivity index (χ3v) is 8.95. The van der Waals surface area contributed by atoms with E-state index in [2.05, 4.69) is 26.8 Å². The summed E-state index contributed by atoms with van der Waals surface area (Å²) < 4.78 is 0. The first kappa shape index (κ1) is 15.9. The van der Waals surface area contributed by atoms with Crippen molar-refractivity contribution in [3.63, 3.8) is 0 Å². The number of fused-ring (bicyclic) bond motifs is 5. The van der Waals surface area contributed by atoms with E-state index in [4.69, 9.17) is 0 Å². The molecule has 0 saturated heterocycles. The van der Waals surface area contributed by atoms with Crippen LogP contribution in [0.3, 0.4) is 0 Å². The summed E-state index contributed by atoms with van der Waals surface area (Å²) in [5.41, 5.74) is -0.121. The Morgan fingerprint density at radius 1 is 1.13 bits per heavy atom. The van der Waals surface area contributed by atoms with Gasteiger partial charge in [0.2, 0.25) is 0 Å². The van der Waals surface area contributed by atoms with Gasteiger partial charge in [0, 0.05) is 6.42 Å². The smallest absolute Gasteiger partial charge is 0.155 e. The maximum atomic E-state index is 11.9. The quantitative estimate of drug-likeness (QED) is 0.772. The molecule has 2 heteroatoms. The third kappa shape index (κ3) is 1.94. The van der Waals surface area contributed by atoms with Gasteiger partial charge in [-0.3, -0.25) is 4.79 Å². The Balaban J connectivity index is 1.68. The summed E-state index contributed by atoms with van der Waals surface area (Å²) in [7, 11) is 0. The molecular formula is C21H32O2. The van der Waals surface area contributed by atoms with Crippen LogP contribution in [0.4, 0.5) is 0 Å². The predicted octanol–water partition coefficient (Wildman–Crippen LogP) is 4.52. The van der Waals surface area contributed by atoms with Crippen molar-refractivity contribution in [3.8, 4) is 0 Å². The lowest BCUT2D eigenvalue weighted by molar-refractivity contribution is -0.141. The van der Waals surface area contributed by atoms with Gasteiger partial charge >= 0.3 is 0 Å². The number of aliphatic hydroxyl groups is 1. The second kappa shape index (κ2) is 4.94. The summed E-state index contributed by atoms with van der Waals surface area (Å²) in [5.74, 6) is 3.01. The number of carbonyl (C=O) groups is 1. The highest BCUT2D eigenvalue weighted by atomic mass is 16.3. The molecule has 0 unspecified atom stereocenters. The summed E-state index contributed by atoms with van der Waals surface area (Å²) in [4.78, 5) is 11.9. The summed E-state index contributed by atoms with van der Waals surface area (Å²) in [6.07, 6.45) is 12.8. The zero-order valence-corrected chi connectivity index (χ0v) is 15.0. The van der Waals surface area contributed by atoms with Gasteiger partial charge < -0.3 is 5.11 Å². The summed E-state index contributed by atoms with van der Waals surface area (Å²) in [6.45, 7) is 6.95. The number of hydrogen-bond acceptors (Lipinski definition) is 2. The van der Waals surface area contributed by atoms with E-state index in [-0.39, 0.29) is 10.8 Å². The highest BCUT2D eigenvalue weighted by molar-refractivity contribution is 5.91. The number of rotatable bonds is 1. The Labute approximate surface area is 140 Å². The van der Waals surface area contributed by atoms with E-state index in [1.165, 1.54) is 25.7 Å². The van der Waals surface area contributed by atoms with Crippen molar-refractivity contribution in [1.82, 2.24) is 0 Å². The molecule has 23 heavy (non-hydrogen) atoms. The van der Waals surface area contributed by atoms with Gasteiger partial charge in [0.25, 0.3) is 0 Å². The molecule has 4 aliphatic carbocycles. The number of hydrogen-bond donors (Lipinski definition) is 1. The van der Waals surface area contributed by atoms with Crippen molar-refractivity contribution in [2.75, 3.05) is 0 Å². The highest BCUT2D eigenvalue weighted by Gasteiger charge is 2.63. The fraction of sp³-hybridized carbons (Fsp3) is 0.857. The molecule has 0 bridgehead atoms. The summed E-state index contributed by atoms with van der Waals surface area (Å²) >= 11 is 0. The Hall–Kier alpha value is -0.630. The van der Waals surface area contributed by atoms with Gasteiger partial charge in [-0.15, -0.1) is 0 Å². The van der Waals surface area contributed by atoms with Gasteiger partial charge in [-0.2, -0.15) is 0 Å². The minimum atomic E-state index is -0.446. The first-order valence-corrected chi connectivity index (χ1v) is 9.78. The van der Waals surface area contributed by atoms with Gasteiger partial charge in [0.1, 0.15) is 0 Å². The van der Waals surface area contributed by atoms with Crippen molar-refractivity contribution in [2.45, 2.75) is 77.7 Å². The van der Waals surface area contributed by atoms with Gasteiger partial charge in [0.15, 0.2) is 5.78 Å². The van der Waals surface area contributed by atoms with Crippen molar-refractivity contribution in [1.29, 1.82) is 0 Å². The minimum absolute atomic E-state index is 0.111. The molecule has 0 spiro atoms. The largest absolute Gasteiger partial charge is 0.389 e. The molecule has 1 N–H and O–H groups in total. The maximum Gasteiger partial charge on any atom is 0.155 e. The van der Waals surface area contributed by atoms with Crippen molar-refractivity contribution in [3.05, 3.63) is 12.2 Å². The Morgan fingerprint density at radius 2 is 1.87 bits per heavy atom.